The van der Waals surface area contributed by atoms with Gasteiger partial charge in [-0.3, -0.25) is 14.4 Å². The third-order valence-electron chi connectivity index (χ3n) is 7.76. The van der Waals surface area contributed by atoms with Crippen LogP contribution >= 0.6 is 0 Å². The smallest absolute Gasteiger partial charge is 0.228 e. The zero-order chi connectivity index (χ0) is 25.2. The van der Waals surface area contributed by atoms with E-state index in [1.807, 2.05) is 52.0 Å². The van der Waals surface area contributed by atoms with E-state index in [4.69, 9.17) is 0 Å². The van der Waals surface area contributed by atoms with E-state index in [9.17, 15) is 18.8 Å². The summed E-state index contributed by atoms with van der Waals surface area (Å²) in [5.74, 6) is -0.530. The first-order valence-electron chi connectivity index (χ1n) is 12.8. The average molecular weight is 493 g/mol. The maximum absolute atomic E-state index is 14.1. The number of likely N-dealkylation sites (tertiary alicyclic amines) is 1. The lowest BCUT2D eigenvalue weighted by atomic mass is 9.93. The number of amides is 3. The summed E-state index contributed by atoms with van der Waals surface area (Å²) in [6.07, 6.45) is 1.51. The molecule has 1 unspecified atom stereocenters. The van der Waals surface area contributed by atoms with Crippen LogP contribution in [0.4, 0.5) is 15.8 Å². The fraction of sp³-hybridized carbons (Fsp3) is 0.464. The van der Waals surface area contributed by atoms with Gasteiger partial charge in [-0.1, -0.05) is 29.8 Å². The van der Waals surface area contributed by atoms with Gasteiger partial charge in [-0.2, -0.15) is 0 Å². The van der Waals surface area contributed by atoms with E-state index in [-0.39, 0.29) is 41.8 Å². The summed E-state index contributed by atoms with van der Waals surface area (Å²) < 4.78 is 14.1. The molecule has 0 saturated carbocycles. The summed E-state index contributed by atoms with van der Waals surface area (Å²) >= 11 is 0. The molecule has 1 atom stereocenters. The van der Waals surface area contributed by atoms with Crippen molar-refractivity contribution < 1.29 is 18.8 Å². The van der Waals surface area contributed by atoms with Gasteiger partial charge in [0.1, 0.15) is 5.82 Å². The molecule has 0 N–H and O–H groups in total. The number of carbonyl (C=O) groups excluding carboxylic acids is 3. The Labute approximate surface area is 211 Å². The van der Waals surface area contributed by atoms with Crippen LogP contribution in [0.3, 0.4) is 0 Å². The number of rotatable bonds is 4. The molecule has 8 heteroatoms. The van der Waals surface area contributed by atoms with E-state index in [2.05, 4.69) is 0 Å². The van der Waals surface area contributed by atoms with Crippen molar-refractivity contribution in [2.75, 3.05) is 55.6 Å². The number of hydrogen-bond acceptors (Lipinski definition) is 4. The normalized spacial score (nSPS) is 21.3. The van der Waals surface area contributed by atoms with Crippen molar-refractivity contribution in [2.45, 2.75) is 26.2 Å². The lowest BCUT2D eigenvalue weighted by Gasteiger charge is -2.39. The van der Waals surface area contributed by atoms with E-state index in [1.165, 1.54) is 6.07 Å². The number of halogens is 1. The molecule has 36 heavy (non-hydrogen) atoms. The van der Waals surface area contributed by atoms with Gasteiger partial charge in [0.15, 0.2) is 0 Å². The predicted octanol–water partition coefficient (Wildman–Crippen LogP) is 3.07. The van der Waals surface area contributed by atoms with Crippen LogP contribution in [0.2, 0.25) is 0 Å². The Kier molecular flexibility index (Phi) is 6.94. The second-order valence-corrected chi connectivity index (χ2v) is 10.1. The molecule has 2 aromatic rings. The van der Waals surface area contributed by atoms with Gasteiger partial charge in [-0.25, -0.2) is 4.39 Å². The maximum Gasteiger partial charge on any atom is 0.228 e. The molecule has 0 aliphatic carbocycles. The Morgan fingerprint density at radius 1 is 0.806 bits per heavy atom. The van der Waals surface area contributed by atoms with Crippen LogP contribution in [-0.4, -0.2) is 73.3 Å². The minimum Gasteiger partial charge on any atom is -0.366 e. The molecule has 0 spiro atoms. The standard InChI is InChI=1S/C28H33FN4O3/c1-20-6-8-23(9-7-20)33-19-22(18-26(33)34)28(36)31-12-10-21(11-13-31)27(35)32-16-14-30(15-17-32)25-5-3-2-4-24(25)29/h2-9,21-22H,10-19H2,1H3. The van der Waals surface area contributed by atoms with E-state index in [1.54, 1.807) is 17.0 Å². The van der Waals surface area contributed by atoms with Crippen LogP contribution in [0.25, 0.3) is 0 Å². The first-order chi connectivity index (χ1) is 17.4. The number of nitrogens with zero attached hydrogens (tertiary/aromatic N) is 4. The molecular formula is C28H33FN4O3. The van der Waals surface area contributed by atoms with Gasteiger partial charge in [-0.05, 0) is 44.0 Å². The van der Waals surface area contributed by atoms with Crippen LogP contribution < -0.4 is 9.80 Å². The summed E-state index contributed by atoms with van der Waals surface area (Å²) in [6.45, 7) is 5.86. The Balaban J connectivity index is 1.10. The summed E-state index contributed by atoms with van der Waals surface area (Å²) in [7, 11) is 0. The molecule has 3 amide bonds. The van der Waals surface area contributed by atoms with Gasteiger partial charge >= 0.3 is 0 Å². The van der Waals surface area contributed by atoms with Gasteiger partial charge in [0.05, 0.1) is 11.6 Å². The van der Waals surface area contributed by atoms with Gasteiger partial charge in [0, 0.05) is 63.8 Å². The lowest BCUT2D eigenvalue weighted by Crippen LogP contribution is -2.52. The molecule has 3 aliphatic rings. The predicted molar refractivity (Wildman–Crippen MR) is 136 cm³/mol. The van der Waals surface area contributed by atoms with Gasteiger partial charge in [-0.15, -0.1) is 0 Å². The molecule has 0 aromatic heterocycles. The molecule has 3 heterocycles. The quantitative estimate of drug-likeness (QED) is 0.658. The second kappa shape index (κ2) is 10.3. The number of aryl methyl sites for hydroxylation is 1. The highest BCUT2D eigenvalue weighted by molar-refractivity contribution is 6.00. The summed E-state index contributed by atoms with van der Waals surface area (Å²) in [6, 6.07) is 14.5. The maximum atomic E-state index is 14.1. The monoisotopic (exact) mass is 492 g/mol. The summed E-state index contributed by atoms with van der Waals surface area (Å²) in [5, 5.41) is 0. The third-order valence-corrected chi connectivity index (χ3v) is 7.76. The number of anilines is 2. The number of piperidine rings is 1. The molecule has 3 aliphatic heterocycles. The van der Waals surface area contributed by atoms with Crippen molar-refractivity contribution in [3.63, 3.8) is 0 Å². The van der Waals surface area contributed by atoms with Crippen molar-refractivity contribution in [2.24, 2.45) is 11.8 Å². The zero-order valence-corrected chi connectivity index (χ0v) is 20.7. The molecule has 5 rings (SSSR count). The molecule has 3 fully saturated rings. The van der Waals surface area contributed by atoms with Crippen molar-refractivity contribution in [1.29, 1.82) is 0 Å². The minimum atomic E-state index is -0.336. The van der Waals surface area contributed by atoms with E-state index in [0.29, 0.717) is 64.3 Å². The molecule has 7 nitrogen and oxygen atoms in total. The Morgan fingerprint density at radius 2 is 1.42 bits per heavy atom. The van der Waals surface area contributed by atoms with Gasteiger partial charge in [0.2, 0.25) is 17.7 Å². The van der Waals surface area contributed by atoms with E-state index >= 15 is 0 Å². The van der Waals surface area contributed by atoms with Crippen LogP contribution in [0.1, 0.15) is 24.8 Å². The highest BCUT2D eigenvalue weighted by Gasteiger charge is 2.39. The number of hydrogen-bond donors (Lipinski definition) is 0. The average Bonchev–Trinajstić information content (AvgIpc) is 3.30. The topological polar surface area (TPSA) is 64.2 Å². The molecule has 3 saturated heterocycles. The molecular weight excluding hydrogens is 459 g/mol. The van der Waals surface area contributed by atoms with Gasteiger partial charge in [0.25, 0.3) is 0 Å². The first kappa shape index (κ1) is 24.3. The van der Waals surface area contributed by atoms with Crippen molar-refractivity contribution in [3.8, 4) is 0 Å². The number of para-hydroxylation sites is 1. The van der Waals surface area contributed by atoms with Crippen LogP contribution in [0, 0.1) is 24.6 Å². The molecule has 2 aromatic carbocycles. The highest BCUT2D eigenvalue weighted by atomic mass is 19.1. The van der Waals surface area contributed by atoms with Crippen molar-refractivity contribution in [3.05, 3.63) is 59.9 Å². The second-order valence-electron chi connectivity index (χ2n) is 10.1. The van der Waals surface area contributed by atoms with Crippen LogP contribution in [0.15, 0.2) is 48.5 Å². The summed E-state index contributed by atoms with van der Waals surface area (Å²) in [5.41, 5.74) is 2.55. The molecule has 0 bridgehead atoms. The Bertz CT molecular complexity index is 1120. The van der Waals surface area contributed by atoms with E-state index < -0.39 is 0 Å². The number of benzene rings is 2. The van der Waals surface area contributed by atoms with Crippen molar-refractivity contribution >= 4 is 29.1 Å². The SMILES string of the molecule is Cc1ccc(N2CC(C(=O)N3CCC(C(=O)N4CCN(c5ccccc5F)CC4)CC3)CC2=O)cc1. The lowest BCUT2D eigenvalue weighted by molar-refractivity contribution is -0.142. The van der Waals surface area contributed by atoms with Crippen molar-refractivity contribution in [1.82, 2.24) is 9.80 Å². The number of piperazine rings is 1. The Morgan fingerprint density at radius 3 is 2.08 bits per heavy atom. The van der Waals surface area contributed by atoms with Crippen LogP contribution in [-0.2, 0) is 14.4 Å². The Hall–Kier alpha value is -3.42. The zero-order valence-electron chi connectivity index (χ0n) is 20.7. The van der Waals surface area contributed by atoms with Crippen LogP contribution in [0.5, 0.6) is 0 Å². The fourth-order valence-corrected chi connectivity index (χ4v) is 5.59. The fourth-order valence-electron chi connectivity index (χ4n) is 5.59. The number of carbonyl (C=O) groups is 3. The molecule has 0 radical (unpaired) electrons. The first-order valence-corrected chi connectivity index (χ1v) is 12.8. The summed E-state index contributed by atoms with van der Waals surface area (Å²) in [4.78, 5) is 46.3. The largest absolute Gasteiger partial charge is 0.366 e. The highest BCUT2D eigenvalue weighted by Crippen LogP contribution is 2.29. The third kappa shape index (κ3) is 4.94. The van der Waals surface area contributed by atoms with E-state index in [0.717, 1.165) is 11.3 Å². The molecule has 190 valence electrons. The minimum absolute atomic E-state index is 0.0161. The van der Waals surface area contributed by atoms with Gasteiger partial charge < -0.3 is 19.6 Å².